The molecular weight excluding hydrogens is 424 g/mol. The minimum atomic E-state index is -2.05. The molecule has 31 heavy (non-hydrogen) atoms. The van der Waals surface area contributed by atoms with Crippen LogP contribution in [-0.4, -0.2) is 139 Å². The number of carbonyl (C=O) groups is 2. The normalized spacial score (nSPS) is 19.0. The molecule has 8 atom stereocenters. The molecular formula is C18H36O13. The minimum absolute atomic E-state index is 0.0317. The van der Waals surface area contributed by atoms with E-state index in [0.717, 1.165) is 25.7 Å². The molecule has 0 aromatic heterocycles. The Bertz CT molecular complexity index is 401. The maximum Gasteiger partial charge on any atom is 0.151 e. The van der Waals surface area contributed by atoms with Crippen LogP contribution < -0.4 is 0 Å². The largest absolute Gasteiger partial charge is 0.396 e. The van der Waals surface area contributed by atoms with E-state index in [1.54, 1.807) is 0 Å². The van der Waals surface area contributed by atoms with Crippen LogP contribution in [0.3, 0.4) is 0 Å². The Morgan fingerprint density at radius 1 is 0.548 bits per heavy atom. The Morgan fingerprint density at radius 2 is 0.871 bits per heavy atom. The summed E-state index contributed by atoms with van der Waals surface area (Å²) in [7, 11) is 0. The van der Waals surface area contributed by atoms with E-state index in [9.17, 15) is 40.2 Å². The quantitative estimate of drug-likeness (QED) is 0.0721. The van der Waals surface area contributed by atoms with Gasteiger partial charge >= 0.3 is 0 Å². The highest BCUT2D eigenvalue weighted by Gasteiger charge is 2.37. The molecule has 0 aliphatic rings. The minimum Gasteiger partial charge on any atom is -0.396 e. The van der Waals surface area contributed by atoms with Gasteiger partial charge in [-0.25, -0.2) is 0 Å². The van der Waals surface area contributed by atoms with Gasteiger partial charge in [0.2, 0.25) is 0 Å². The fourth-order valence-electron chi connectivity index (χ4n) is 2.20. The topological polar surface area (TPSA) is 246 Å². The maximum absolute atomic E-state index is 10.9. The van der Waals surface area contributed by atoms with Crippen LogP contribution in [0.25, 0.3) is 0 Å². The van der Waals surface area contributed by atoms with Crippen LogP contribution in [0, 0.1) is 0 Å². The molecule has 0 rings (SSSR count). The summed E-state index contributed by atoms with van der Waals surface area (Å²) in [5, 5.41) is 90.6. The molecule has 0 aromatic carbocycles. The molecule has 0 bridgehead atoms. The lowest BCUT2D eigenvalue weighted by molar-refractivity contribution is -0.180. The van der Waals surface area contributed by atoms with E-state index in [2.05, 4.69) is 0 Å². The van der Waals surface area contributed by atoms with Crippen molar-refractivity contribution in [1.82, 2.24) is 0 Å². The molecule has 0 aliphatic carbocycles. The first kappa shape index (κ1) is 32.1. The molecule has 0 amide bonds. The molecule has 13 nitrogen and oxygen atoms in total. The lowest BCUT2D eigenvalue weighted by Gasteiger charge is -2.30. The van der Waals surface area contributed by atoms with E-state index in [-0.39, 0.29) is 25.8 Å². The van der Waals surface area contributed by atoms with Crippen molar-refractivity contribution >= 4 is 12.6 Å². The Hall–Kier alpha value is -1.10. The van der Waals surface area contributed by atoms with Crippen LogP contribution in [0.2, 0.25) is 0 Å². The van der Waals surface area contributed by atoms with Crippen LogP contribution in [0.5, 0.6) is 0 Å². The maximum atomic E-state index is 10.9. The first-order valence-corrected chi connectivity index (χ1v) is 9.74. The van der Waals surface area contributed by atoms with Gasteiger partial charge in [0, 0.05) is 13.2 Å². The third kappa shape index (κ3) is 13.1. The zero-order valence-corrected chi connectivity index (χ0v) is 17.1. The Kier molecular flexibility index (Phi) is 20.3. The summed E-state index contributed by atoms with van der Waals surface area (Å²) < 4.78 is 4.76. The van der Waals surface area contributed by atoms with E-state index >= 15 is 0 Å². The van der Waals surface area contributed by atoms with Crippen LogP contribution in [0.15, 0.2) is 0 Å². The van der Waals surface area contributed by atoms with E-state index < -0.39 is 62.0 Å². The van der Waals surface area contributed by atoms with Crippen molar-refractivity contribution in [2.75, 3.05) is 26.4 Å². The summed E-state index contributed by atoms with van der Waals surface area (Å²) >= 11 is 0. The van der Waals surface area contributed by atoms with Gasteiger partial charge < -0.3 is 65.4 Å². The highest BCUT2D eigenvalue weighted by molar-refractivity contribution is 5.61. The number of unbranched alkanes of at least 4 members (excludes halogenated alkanes) is 3. The monoisotopic (exact) mass is 460 g/mol. The molecule has 0 fully saturated rings. The van der Waals surface area contributed by atoms with Crippen LogP contribution in [0.1, 0.15) is 25.7 Å². The van der Waals surface area contributed by atoms with Gasteiger partial charge in [-0.1, -0.05) is 12.8 Å². The van der Waals surface area contributed by atoms with Gasteiger partial charge in [-0.15, -0.1) is 0 Å². The SMILES string of the molecule is O=C[C@H](O[C@@H](C=O)[C@@H](O)[C@H](O)[C@H](O)CO)[C@@H](O)[C@H](O)[C@H](O)CO.OCCCCCCO. The van der Waals surface area contributed by atoms with Gasteiger partial charge in [-0.2, -0.15) is 0 Å². The van der Waals surface area contributed by atoms with Crippen molar-refractivity contribution in [2.45, 2.75) is 74.5 Å². The van der Waals surface area contributed by atoms with Crippen molar-refractivity contribution < 1.29 is 65.4 Å². The zero-order chi connectivity index (χ0) is 24.4. The second-order valence-electron chi connectivity index (χ2n) is 6.66. The standard InChI is InChI=1S/C12H22O11.C6H14O2/c13-1-5(17)9(19)11(21)7(3-15)23-8(4-16)12(22)10(20)6(18)2-14;7-5-3-1-2-4-6-8/h3-14,17-22H,1-2H2;7-8H,1-6H2/t5-,6-,7+,8+,9-,10-,11-,12-;/m1./s1. The number of aldehydes is 2. The second-order valence-corrected chi connectivity index (χ2v) is 6.66. The van der Waals surface area contributed by atoms with E-state index in [0.29, 0.717) is 0 Å². The molecule has 186 valence electrons. The van der Waals surface area contributed by atoms with E-state index in [1.807, 2.05) is 0 Å². The predicted octanol–water partition coefficient (Wildman–Crippen LogP) is -5.18. The Morgan fingerprint density at radius 3 is 1.10 bits per heavy atom. The van der Waals surface area contributed by atoms with Crippen molar-refractivity contribution in [3.63, 3.8) is 0 Å². The summed E-state index contributed by atoms with van der Waals surface area (Å²) in [6, 6.07) is 0. The van der Waals surface area contributed by atoms with Gasteiger partial charge in [-0.3, -0.25) is 0 Å². The Balaban J connectivity index is 0. The molecule has 0 saturated carbocycles. The van der Waals surface area contributed by atoms with Crippen molar-refractivity contribution in [3.05, 3.63) is 0 Å². The smallest absolute Gasteiger partial charge is 0.151 e. The summed E-state index contributed by atoms with van der Waals surface area (Å²) in [6.07, 6.45) is -11.7. The van der Waals surface area contributed by atoms with Gasteiger partial charge in [0.1, 0.15) is 48.8 Å². The number of ether oxygens (including phenoxy) is 1. The molecule has 13 heteroatoms. The summed E-state index contributed by atoms with van der Waals surface area (Å²) in [4.78, 5) is 21.8. The summed E-state index contributed by atoms with van der Waals surface area (Å²) in [6.45, 7) is -1.28. The van der Waals surface area contributed by atoms with Crippen molar-refractivity contribution in [3.8, 4) is 0 Å². The molecule has 0 unspecified atom stereocenters. The van der Waals surface area contributed by atoms with Crippen LogP contribution >= 0.6 is 0 Å². The lowest BCUT2D eigenvalue weighted by atomic mass is 10.0. The van der Waals surface area contributed by atoms with Gasteiger partial charge in [0.25, 0.3) is 0 Å². The third-order valence-electron chi connectivity index (χ3n) is 4.18. The molecule has 0 aromatic rings. The van der Waals surface area contributed by atoms with Crippen LogP contribution in [0.4, 0.5) is 0 Å². The molecule has 0 aliphatic heterocycles. The average molecular weight is 460 g/mol. The zero-order valence-electron chi connectivity index (χ0n) is 17.1. The average Bonchev–Trinajstić information content (AvgIpc) is 2.80. The Labute approximate surface area is 179 Å². The molecule has 0 saturated heterocycles. The van der Waals surface area contributed by atoms with Crippen molar-refractivity contribution in [2.24, 2.45) is 0 Å². The second kappa shape index (κ2) is 19.6. The van der Waals surface area contributed by atoms with Gasteiger partial charge in [-0.05, 0) is 12.8 Å². The lowest BCUT2D eigenvalue weighted by Crippen LogP contribution is -2.52. The molecule has 0 heterocycles. The fourth-order valence-corrected chi connectivity index (χ4v) is 2.20. The predicted molar refractivity (Wildman–Crippen MR) is 104 cm³/mol. The first-order chi connectivity index (χ1) is 14.7. The number of hydrogen-bond donors (Lipinski definition) is 10. The van der Waals surface area contributed by atoms with E-state index in [4.69, 9.17) is 25.2 Å². The van der Waals surface area contributed by atoms with E-state index in [1.165, 1.54) is 0 Å². The number of rotatable bonds is 17. The third-order valence-corrected chi connectivity index (χ3v) is 4.18. The number of aliphatic hydroxyl groups excluding tert-OH is 10. The molecule has 0 radical (unpaired) electrons. The first-order valence-electron chi connectivity index (χ1n) is 9.74. The molecule has 10 N–H and O–H groups in total. The highest BCUT2D eigenvalue weighted by atomic mass is 16.5. The fraction of sp³-hybridized carbons (Fsp3) is 0.889. The highest BCUT2D eigenvalue weighted by Crippen LogP contribution is 2.13. The summed E-state index contributed by atoms with van der Waals surface area (Å²) in [5.74, 6) is 0. The molecule has 0 spiro atoms. The number of carbonyl (C=O) groups excluding carboxylic acids is 2. The number of aliphatic hydroxyl groups is 10. The van der Waals surface area contributed by atoms with Crippen LogP contribution in [-0.2, 0) is 14.3 Å². The van der Waals surface area contributed by atoms with Gasteiger partial charge in [0.05, 0.1) is 13.2 Å². The summed E-state index contributed by atoms with van der Waals surface area (Å²) in [5.41, 5.74) is 0. The number of hydrogen-bond acceptors (Lipinski definition) is 13. The van der Waals surface area contributed by atoms with Gasteiger partial charge in [0.15, 0.2) is 12.6 Å². The van der Waals surface area contributed by atoms with Crippen molar-refractivity contribution in [1.29, 1.82) is 0 Å².